The van der Waals surface area contributed by atoms with Gasteiger partial charge in [0, 0.05) is 10.9 Å². The van der Waals surface area contributed by atoms with Crippen LogP contribution in [0.1, 0.15) is 28.4 Å². The maximum Gasteiger partial charge on any atom is 0.354 e. The summed E-state index contributed by atoms with van der Waals surface area (Å²) in [5, 5.41) is 8.91. The summed E-state index contributed by atoms with van der Waals surface area (Å²) in [6.45, 7) is 2.08. The van der Waals surface area contributed by atoms with Crippen molar-refractivity contribution in [2.45, 2.75) is 12.3 Å². The molecule has 0 radical (unpaired) electrons. The lowest BCUT2D eigenvalue weighted by Gasteiger charge is -1.99. The maximum absolute atomic E-state index is 11.6. The van der Waals surface area contributed by atoms with Crippen molar-refractivity contribution < 1.29 is 9.53 Å². The van der Waals surface area contributed by atoms with Gasteiger partial charge in [-0.1, -0.05) is 6.07 Å². The molecular weight excluding hydrogens is 252 g/mol. The Morgan fingerprint density at radius 2 is 2.33 bits per heavy atom. The van der Waals surface area contributed by atoms with Crippen LogP contribution in [-0.2, 0) is 4.74 Å². The van der Waals surface area contributed by atoms with Crippen molar-refractivity contribution in [1.82, 2.24) is 4.98 Å². The average molecular weight is 263 g/mol. The van der Waals surface area contributed by atoms with E-state index < -0.39 is 11.3 Å². The lowest BCUT2D eigenvalue weighted by Crippen LogP contribution is -2.04. The summed E-state index contributed by atoms with van der Waals surface area (Å²) in [4.78, 5) is 14.5. The quantitative estimate of drug-likeness (QED) is 0.683. The van der Waals surface area contributed by atoms with E-state index in [1.54, 1.807) is 31.2 Å². The Bertz CT molecular complexity index is 627. The summed E-state index contributed by atoms with van der Waals surface area (Å²) in [5.41, 5.74) is 1.91. The second kappa shape index (κ2) is 5.11. The first kappa shape index (κ1) is 12.5. The molecule has 18 heavy (non-hydrogen) atoms. The van der Waals surface area contributed by atoms with Gasteiger partial charge in [-0.2, -0.15) is 5.26 Å². The van der Waals surface area contributed by atoms with Gasteiger partial charge in [0.1, 0.15) is 11.1 Å². The van der Waals surface area contributed by atoms with E-state index >= 15 is 0 Å². The fraction of sp³-hybridized carbons (Fsp3) is 0.231. The van der Waals surface area contributed by atoms with Gasteiger partial charge in [0.15, 0.2) is 0 Å². The van der Waals surface area contributed by atoms with Gasteiger partial charge < -0.3 is 9.72 Å². The number of carbonyl (C=O) groups is 1. The minimum absolute atomic E-state index is 0.331. The molecule has 0 fully saturated rings. The van der Waals surface area contributed by atoms with Crippen molar-refractivity contribution in [3.8, 4) is 6.07 Å². The smallest absolute Gasteiger partial charge is 0.354 e. The predicted molar refractivity (Wildman–Crippen MR) is 68.5 cm³/mol. The van der Waals surface area contributed by atoms with Gasteiger partial charge in [-0.3, -0.25) is 0 Å². The standard InChI is InChI=1S/C13H11ClN2O2/c1-2-18-13(17)12-6-9-5-8(10(14)7-15)3-4-11(9)16-12/h3-6,10,16H,2H2,1H3. The Balaban J connectivity index is 2.40. The molecule has 0 saturated carbocycles. The topological polar surface area (TPSA) is 65.9 Å². The Kier molecular flexibility index (Phi) is 3.54. The first-order valence-corrected chi connectivity index (χ1v) is 5.93. The number of rotatable bonds is 3. The van der Waals surface area contributed by atoms with Crippen molar-refractivity contribution >= 4 is 28.5 Å². The van der Waals surface area contributed by atoms with Crippen molar-refractivity contribution in [1.29, 1.82) is 5.26 Å². The lowest BCUT2D eigenvalue weighted by atomic mass is 10.1. The largest absolute Gasteiger partial charge is 0.461 e. The number of benzene rings is 1. The van der Waals surface area contributed by atoms with Crippen LogP contribution in [0.4, 0.5) is 0 Å². The van der Waals surface area contributed by atoms with Gasteiger partial charge in [-0.05, 0) is 30.7 Å². The zero-order valence-corrected chi connectivity index (χ0v) is 10.5. The van der Waals surface area contributed by atoms with E-state index in [2.05, 4.69) is 4.98 Å². The predicted octanol–water partition coefficient (Wildman–Crippen LogP) is 3.15. The molecule has 0 spiro atoms. The van der Waals surface area contributed by atoms with E-state index in [9.17, 15) is 4.79 Å². The van der Waals surface area contributed by atoms with Gasteiger partial charge in [-0.25, -0.2) is 4.79 Å². The number of nitrogens with one attached hydrogen (secondary N) is 1. The number of nitriles is 1. The van der Waals surface area contributed by atoms with Crippen LogP contribution >= 0.6 is 11.6 Å². The highest BCUT2D eigenvalue weighted by Crippen LogP contribution is 2.24. The Hall–Kier alpha value is -1.99. The molecule has 1 aromatic carbocycles. The Morgan fingerprint density at radius 1 is 1.56 bits per heavy atom. The number of aromatic nitrogens is 1. The molecule has 4 nitrogen and oxygen atoms in total. The second-order valence-electron chi connectivity index (χ2n) is 3.74. The van der Waals surface area contributed by atoms with E-state index in [0.717, 1.165) is 10.9 Å². The zero-order valence-electron chi connectivity index (χ0n) is 9.74. The maximum atomic E-state index is 11.6. The number of ether oxygens (including phenoxy) is 1. The number of carbonyl (C=O) groups excluding carboxylic acids is 1. The van der Waals surface area contributed by atoms with Gasteiger partial charge in [-0.15, -0.1) is 11.6 Å². The molecule has 2 aromatic rings. The molecule has 1 unspecified atom stereocenters. The van der Waals surface area contributed by atoms with Gasteiger partial charge in [0.05, 0.1) is 12.7 Å². The van der Waals surface area contributed by atoms with Gasteiger partial charge >= 0.3 is 5.97 Å². The molecule has 1 atom stereocenters. The summed E-state index contributed by atoms with van der Waals surface area (Å²) < 4.78 is 4.91. The molecule has 0 bridgehead atoms. The molecule has 92 valence electrons. The number of alkyl halides is 1. The fourth-order valence-electron chi connectivity index (χ4n) is 1.70. The molecule has 1 heterocycles. The number of fused-ring (bicyclic) bond motifs is 1. The third-order valence-electron chi connectivity index (χ3n) is 2.55. The first-order valence-electron chi connectivity index (χ1n) is 5.49. The van der Waals surface area contributed by atoms with E-state index in [4.69, 9.17) is 21.6 Å². The molecule has 1 aromatic heterocycles. The molecule has 0 aliphatic heterocycles. The monoisotopic (exact) mass is 262 g/mol. The molecule has 1 N–H and O–H groups in total. The summed E-state index contributed by atoms with van der Waals surface area (Å²) in [7, 11) is 0. The highest BCUT2D eigenvalue weighted by molar-refractivity contribution is 6.22. The Morgan fingerprint density at radius 3 is 3.00 bits per heavy atom. The molecule has 0 amide bonds. The van der Waals surface area contributed by atoms with Crippen molar-refractivity contribution in [3.63, 3.8) is 0 Å². The van der Waals surface area contributed by atoms with Gasteiger partial charge in [0.25, 0.3) is 0 Å². The Labute approximate surface area is 109 Å². The zero-order chi connectivity index (χ0) is 13.1. The molecule has 0 saturated heterocycles. The summed E-state index contributed by atoms with van der Waals surface area (Å²) in [6, 6.07) is 8.99. The van der Waals surface area contributed by atoms with Crippen molar-refractivity contribution in [2.75, 3.05) is 6.61 Å². The first-order chi connectivity index (χ1) is 8.65. The number of H-pyrrole nitrogens is 1. The number of halogens is 1. The number of hydrogen-bond donors (Lipinski definition) is 1. The fourth-order valence-corrected chi connectivity index (χ4v) is 1.84. The lowest BCUT2D eigenvalue weighted by molar-refractivity contribution is 0.0520. The number of aromatic amines is 1. The van der Waals surface area contributed by atoms with Crippen LogP contribution in [0.15, 0.2) is 24.3 Å². The van der Waals surface area contributed by atoms with Crippen molar-refractivity contribution in [3.05, 3.63) is 35.5 Å². The van der Waals surface area contributed by atoms with Crippen LogP contribution in [0.3, 0.4) is 0 Å². The van der Waals surface area contributed by atoms with Crippen LogP contribution < -0.4 is 0 Å². The molecule has 2 rings (SSSR count). The van der Waals surface area contributed by atoms with Crippen molar-refractivity contribution in [2.24, 2.45) is 0 Å². The molecular formula is C13H11ClN2O2. The third-order valence-corrected chi connectivity index (χ3v) is 2.90. The number of esters is 1. The molecule has 5 heteroatoms. The highest BCUT2D eigenvalue weighted by atomic mass is 35.5. The SMILES string of the molecule is CCOC(=O)c1cc2cc(C(Cl)C#N)ccc2[nH]1. The van der Waals surface area contributed by atoms with E-state index in [1.807, 2.05) is 6.07 Å². The summed E-state index contributed by atoms with van der Waals surface area (Å²) in [6.07, 6.45) is 0. The molecule has 0 aliphatic carbocycles. The summed E-state index contributed by atoms with van der Waals surface area (Å²) in [5.74, 6) is -0.391. The minimum Gasteiger partial charge on any atom is -0.461 e. The summed E-state index contributed by atoms with van der Waals surface area (Å²) >= 11 is 5.85. The second-order valence-corrected chi connectivity index (χ2v) is 4.18. The van der Waals surface area contributed by atoms with E-state index in [1.165, 1.54) is 0 Å². The van der Waals surface area contributed by atoms with Crippen LogP contribution in [0, 0.1) is 11.3 Å². The minimum atomic E-state index is -0.685. The normalized spacial score (nSPS) is 12.1. The van der Waals surface area contributed by atoms with Crippen LogP contribution in [-0.4, -0.2) is 17.6 Å². The molecule has 0 aliphatic rings. The highest BCUT2D eigenvalue weighted by Gasteiger charge is 2.12. The average Bonchev–Trinajstić information content (AvgIpc) is 2.80. The van der Waals surface area contributed by atoms with Crippen LogP contribution in [0.25, 0.3) is 10.9 Å². The van der Waals surface area contributed by atoms with Gasteiger partial charge in [0.2, 0.25) is 0 Å². The van der Waals surface area contributed by atoms with E-state index in [0.29, 0.717) is 17.9 Å². The number of hydrogen-bond acceptors (Lipinski definition) is 3. The van der Waals surface area contributed by atoms with E-state index in [-0.39, 0.29) is 0 Å². The van der Waals surface area contributed by atoms with Crippen LogP contribution in [0.2, 0.25) is 0 Å². The number of nitrogens with zero attached hydrogens (tertiary/aromatic N) is 1. The van der Waals surface area contributed by atoms with Crippen LogP contribution in [0.5, 0.6) is 0 Å². The third kappa shape index (κ3) is 2.31.